The molecule has 3 aromatic carbocycles. The van der Waals surface area contributed by atoms with Gasteiger partial charge in [-0.2, -0.15) is 5.11 Å². The highest BCUT2D eigenvalue weighted by Crippen LogP contribution is 2.46. The lowest BCUT2D eigenvalue weighted by molar-refractivity contribution is 0.0693. The van der Waals surface area contributed by atoms with Gasteiger partial charge in [-0.3, -0.25) is 0 Å². The Bertz CT molecular complexity index is 1090. The maximum Gasteiger partial charge on any atom is 0.339 e. The Hall–Kier alpha value is -3.61. The van der Waals surface area contributed by atoms with Crippen molar-refractivity contribution in [1.82, 2.24) is 0 Å². The maximum atomic E-state index is 11.0. The van der Waals surface area contributed by atoms with E-state index >= 15 is 0 Å². The monoisotopic (exact) mass is 380 g/mol. The molecule has 3 aromatic rings. The van der Waals surface area contributed by atoms with Crippen molar-refractivity contribution in [2.24, 2.45) is 16.1 Å². The second kappa shape index (κ2) is 7.56. The second-order valence-corrected chi connectivity index (χ2v) is 6.87. The van der Waals surface area contributed by atoms with Crippen molar-refractivity contribution in [1.29, 1.82) is 0 Å². The second-order valence-electron chi connectivity index (χ2n) is 6.87. The summed E-state index contributed by atoms with van der Waals surface area (Å²) < 4.78 is 0. The van der Waals surface area contributed by atoms with Gasteiger partial charge in [0.05, 0.1) is 5.69 Å². The topological polar surface area (TPSA) is 123 Å². The molecule has 0 amide bonds. The predicted molar refractivity (Wildman–Crippen MR) is 105 cm³/mol. The summed E-state index contributed by atoms with van der Waals surface area (Å²) in [7, 11) is 0. The zero-order chi connectivity index (χ0) is 20.4. The zero-order valence-electron chi connectivity index (χ0n) is 15.4. The Balaban J connectivity index is 2.13. The molecule has 7 nitrogen and oxygen atoms in total. The number of phenolic OH excluding ortho intramolecular Hbond substituents is 2. The molecule has 0 saturated heterocycles. The number of azo groups is 1. The van der Waals surface area contributed by atoms with Crippen molar-refractivity contribution in [3.8, 4) is 17.2 Å². The average Bonchev–Trinajstić information content (AvgIpc) is 2.64. The van der Waals surface area contributed by atoms with Crippen molar-refractivity contribution in [3.05, 3.63) is 53.6 Å². The third-order valence-corrected chi connectivity index (χ3v) is 4.32. The van der Waals surface area contributed by atoms with Crippen LogP contribution in [0.3, 0.4) is 0 Å². The predicted octanol–water partition coefficient (Wildman–Crippen LogP) is 5.27. The van der Waals surface area contributed by atoms with Crippen LogP contribution >= 0.6 is 0 Å². The van der Waals surface area contributed by atoms with Gasteiger partial charge in [-0.1, -0.05) is 38.1 Å². The van der Waals surface area contributed by atoms with Crippen LogP contribution < -0.4 is 0 Å². The molecule has 4 N–H and O–H groups in total. The highest BCUT2D eigenvalue weighted by atomic mass is 16.4. The Labute approximate surface area is 161 Å². The molecule has 0 fully saturated rings. The van der Waals surface area contributed by atoms with Crippen molar-refractivity contribution in [2.75, 3.05) is 0 Å². The molecule has 7 heteroatoms. The van der Waals surface area contributed by atoms with Crippen LogP contribution in [0.2, 0.25) is 0 Å². The highest BCUT2D eigenvalue weighted by molar-refractivity contribution is 6.00. The van der Waals surface area contributed by atoms with Gasteiger partial charge >= 0.3 is 5.97 Å². The van der Waals surface area contributed by atoms with Gasteiger partial charge in [0, 0.05) is 22.4 Å². The number of carbonyl (C=O) groups is 1. The van der Waals surface area contributed by atoms with Gasteiger partial charge in [-0.05, 0) is 24.5 Å². The summed E-state index contributed by atoms with van der Waals surface area (Å²) in [6.07, 6.45) is 0.457. The molecule has 0 heterocycles. The van der Waals surface area contributed by atoms with Gasteiger partial charge in [-0.15, -0.1) is 5.11 Å². The van der Waals surface area contributed by atoms with Crippen LogP contribution in [0.15, 0.2) is 52.7 Å². The highest BCUT2D eigenvalue weighted by Gasteiger charge is 2.19. The van der Waals surface area contributed by atoms with Crippen LogP contribution in [0.25, 0.3) is 10.8 Å². The molecule has 0 saturated carbocycles. The number of nitrogens with zero attached hydrogens (tertiary/aromatic N) is 2. The summed E-state index contributed by atoms with van der Waals surface area (Å²) in [6.45, 7) is 3.95. The fraction of sp³-hybridized carbons (Fsp3) is 0.190. The van der Waals surface area contributed by atoms with Crippen LogP contribution in [-0.4, -0.2) is 26.4 Å². The fourth-order valence-corrected chi connectivity index (χ4v) is 3.01. The first-order valence-electron chi connectivity index (χ1n) is 8.73. The minimum Gasteiger partial charge on any atom is -0.507 e. The van der Waals surface area contributed by atoms with Crippen molar-refractivity contribution < 1.29 is 25.2 Å². The van der Waals surface area contributed by atoms with Crippen LogP contribution in [-0.2, 0) is 6.42 Å². The number of aromatic carboxylic acids is 1. The molecule has 0 bridgehead atoms. The van der Waals surface area contributed by atoms with Gasteiger partial charge in [0.1, 0.15) is 22.7 Å². The molecule has 0 aromatic heterocycles. The molecule has 0 aliphatic rings. The average molecular weight is 380 g/mol. The van der Waals surface area contributed by atoms with Gasteiger partial charge in [0.25, 0.3) is 0 Å². The van der Waals surface area contributed by atoms with E-state index in [1.165, 1.54) is 18.2 Å². The molecule has 0 radical (unpaired) electrons. The number of carboxylic acids is 1. The van der Waals surface area contributed by atoms with Crippen LogP contribution in [0.4, 0.5) is 11.4 Å². The Kier molecular flexibility index (Phi) is 5.17. The summed E-state index contributed by atoms with van der Waals surface area (Å²) in [5.41, 5.74) is 0.582. The molecule has 0 spiro atoms. The molecular formula is C21H20N2O5. The quantitative estimate of drug-likeness (QED) is 0.449. The van der Waals surface area contributed by atoms with E-state index in [1.54, 1.807) is 24.3 Å². The van der Waals surface area contributed by atoms with Crippen molar-refractivity contribution >= 4 is 28.1 Å². The SMILES string of the molecule is CC(C)Cc1c(O)c(N=Nc2ccc(C(=O)O)c(O)c2)c2ccccc2c1O. The normalized spacial score (nSPS) is 11.5. The molecule has 28 heavy (non-hydrogen) atoms. The number of rotatable bonds is 5. The molecule has 0 atom stereocenters. The zero-order valence-corrected chi connectivity index (χ0v) is 15.4. The summed E-state index contributed by atoms with van der Waals surface area (Å²) >= 11 is 0. The number of hydrogen-bond acceptors (Lipinski definition) is 6. The molecule has 0 aliphatic carbocycles. The largest absolute Gasteiger partial charge is 0.507 e. The summed E-state index contributed by atoms with van der Waals surface area (Å²) in [5.74, 6) is -1.61. The lowest BCUT2D eigenvalue weighted by Gasteiger charge is -2.14. The summed E-state index contributed by atoms with van der Waals surface area (Å²) in [5, 5.41) is 49.3. The van der Waals surface area contributed by atoms with E-state index in [0.29, 0.717) is 22.8 Å². The van der Waals surface area contributed by atoms with Crippen molar-refractivity contribution in [2.45, 2.75) is 20.3 Å². The van der Waals surface area contributed by atoms with E-state index in [2.05, 4.69) is 10.2 Å². The first-order chi connectivity index (χ1) is 13.3. The van der Waals surface area contributed by atoms with E-state index in [0.717, 1.165) is 0 Å². The van der Waals surface area contributed by atoms with E-state index in [1.807, 2.05) is 13.8 Å². The number of fused-ring (bicyclic) bond motifs is 1. The first-order valence-corrected chi connectivity index (χ1v) is 8.73. The van der Waals surface area contributed by atoms with E-state index in [-0.39, 0.29) is 34.4 Å². The minimum atomic E-state index is -1.25. The lowest BCUT2D eigenvalue weighted by atomic mass is 9.96. The van der Waals surface area contributed by atoms with E-state index < -0.39 is 11.7 Å². The van der Waals surface area contributed by atoms with Crippen LogP contribution in [0.1, 0.15) is 29.8 Å². The van der Waals surface area contributed by atoms with E-state index in [4.69, 9.17) is 5.11 Å². The third kappa shape index (κ3) is 3.59. The molecule has 0 unspecified atom stereocenters. The minimum absolute atomic E-state index is 0.0178. The number of phenols is 3. The number of carboxylic acid groups (broad SMARTS) is 1. The number of aromatic hydroxyl groups is 3. The van der Waals surface area contributed by atoms with Crippen molar-refractivity contribution in [3.63, 3.8) is 0 Å². The summed E-state index contributed by atoms with van der Waals surface area (Å²) in [6, 6.07) is 10.8. The molecule has 3 rings (SSSR count). The molecule has 144 valence electrons. The Morgan fingerprint density at radius 2 is 1.64 bits per heavy atom. The van der Waals surface area contributed by atoms with Gasteiger partial charge < -0.3 is 20.4 Å². The van der Waals surface area contributed by atoms with Crippen LogP contribution in [0, 0.1) is 5.92 Å². The Morgan fingerprint density at radius 1 is 0.964 bits per heavy atom. The smallest absolute Gasteiger partial charge is 0.339 e. The maximum absolute atomic E-state index is 11.0. The van der Waals surface area contributed by atoms with Gasteiger partial charge in [0.15, 0.2) is 5.75 Å². The first kappa shape index (κ1) is 19.2. The molecular weight excluding hydrogens is 360 g/mol. The molecule has 0 aliphatic heterocycles. The number of hydrogen-bond donors (Lipinski definition) is 4. The fourth-order valence-electron chi connectivity index (χ4n) is 3.01. The summed E-state index contributed by atoms with van der Waals surface area (Å²) in [4.78, 5) is 11.0. The third-order valence-electron chi connectivity index (χ3n) is 4.32. The lowest BCUT2D eigenvalue weighted by Crippen LogP contribution is -1.96. The Morgan fingerprint density at radius 3 is 2.25 bits per heavy atom. The van der Waals surface area contributed by atoms with Gasteiger partial charge in [0.2, 0.25) is 0 Å². The number of benzene rings is 3. The van der Waals surface area contributed by atoms with Crippen LogP contribution in [0.5, 0.6) is 17.2 Å². The van der Waals surface area contributed by atoms with Gasteiger partial charge in [-0.25, -0.2) is 4.79 Å². The van der Waals surface area contributed by atoms with E-state index in [9.17, 15) is 20.1 Å². The standard InChI is InChI=1S/C21H20N2O5/c1-11(2)9-16-19(25)14-6-4-3-5-13(14)18(20(16)26)23-22-12-7-8-15(21(27)28)17(24)10-12/h3-8,10-11,24-26H,9H2,1-2H3,(H,27,28).